The third kappa shape index (κ3) is 6.37. The number of hydrogen-bond donors (Lipinski definition) is 1. The summed E-state index contributed by atoms with van der Waals surface area (Å²) in [6.07, 6.45) is 4.98. The fraction of sp³-hybridized carbons (Fsp3) is 0.545. The number of ether oxygens (including phenoxy) is 1. The molecule has 1 aromatic heterocycles. The van der Waals surface area contributed by atoms with Crippen LogP contribution in [0.1, 0.15) is 25.8 Å². The Labute approximate surface area is 168 Å². The van der Waals surface area contributed by atoms with Gasteiger partial charge in [-0.15, -0.1) is 0 Å². The molecule has 2 heterocycles. The van der Waals surface area contributed by atoms with E-state index in [9.17, 15) is 0 Å². The molecule has 3 rings (SSSR count). The standard InChI is InChI=1S/C22H33N5O/c1-3-23-22(24-14-19(2)15-27-12-7-11-25-27)26-13-10-21(16-26)18-28-17-20-8-5-4-6-9-20/h4-9,11-12,19,21H,3,10,13-18H2,1-2H3,(H,23,24). The summed E-state index contributed by atoms with van der Waals surface area (Å²) in [6.45, 7) is 10.5. The van der Waals surface area contributed by atoms with Crippen LogP contribution in [0.25, 0.3) is 0 Å². The fourth-order valence-electron chi connectivity index (χ4n) is 3.53. The molecule has 1 aliphatic rings. The zero-order valence-corrected chi connectivity index (χ0v) is 17.1. The van der Waals surface area contributed by atoms with Crippen molar-refractivity contribution in [3.63, 3.8) is 0 Å². The van der Waals surface area contributed by atoms with E-state index in [0.29, 0.717) is 18.4 Å². The molecule has 6 heteroatoms. The highest BCUT2D eigenvalue weighted by Crippen LogP contribution is 2.17. The van der Waals surface area contributed by atoms with Gasteiger partial charge in [-0.2, -0.15) is 5.10 Å². The predicted octanol–water partition coefficient (Wildman–Crippen LogP) is 3.02. The van der Waals surface area contributed by atoms with Gasteiger partial charge in [-0.05, 0) is 30.9 Å². The largest absolute Gasteiger partial charge is 0.376 e. The Morgan fingerprint density at radius 1 is 1.32 bits per heavy atom. The molecule has 0 radical (unpaired) electrons. The van der Waals surface area contributed by atoms with Gasteiger partial charge in [0.25, 0.3) is 0 Å². The molecule has 6 nitrogen and oxygen atoms in total. The Bertz CT molecular complexity index is 701. The van der Waals surface area contributed by atoms with Crippen LogP contribution in [-0.4, -0.2) is 53.4 Å². The molecule has 0 spiro atoms. The van der Waals surface area contributed by atoms with Crippen molar-refractivity contribution >= 4 is 5.96 Å². The van der Waals surface area contributed by atoms with E-state index in [1.54, 1.807) is 0 Å². The Morgan fingerprint density at radius 3 is 2.93 bits per heavy atom. The summed E-state index contributed by atoms with van der Waals surface area (Å²) >= 11 is 0. The predicted molar refractivity (Wildman–Crippen MR) is 113 cm³/mol. The smallest absolute Gasteiger partial charge is 0.193 e. The maximum absolute atomic E-state index is 5.95. The van der Waals surface area contributed by atoms with Crippen LogP contribution in [0.15, 0.2) is 53.8 Å². The number of benzene rings is 1. The van der Waals surface area contributed by atoms with Crippen LogP contribution in [0.3, 0.4) is 0 Å². The number of nitrogens with zero attached hydrogens (tertiary/aromatic N) is 4. The van der Waals surface area contributed by atoms with E-state index in [2.05, 4.69) is 53.4 Å². The van der Waals surface area contributed by atoms with Crippen LogP contribution in [0.4, 0.5) is 0 Å². The van der Waals surface area contributed by atoms with Gasteiger partial charge in [-0.1, -0.05) is 37.3 Å². The maximum Gasteiger partial charge on any atom is 0.193 e. The van der Waals surface area contributed by atoms with Crippen LogP contribution in [0, 0.1) is 11.8 Å². The lowest BCUT2D eigenvalue weighted by atomic mass is 10.1. The third-order valence-electron chi connectivity index (χ3n) is 5.00. The molecular formula is C22H33N5O. The van der Waals surface area contributed by atoms with E-state index in [1.807, 2.05) is 29.2 Å². The summed E-state index contributed by atoms with van der Waals surface area (Å²) in [4.78, 5) is 7.26. The maximum atomic E-state index is 5.95. The van der Waals surface area contributed by atoms with Gasteiger partial charge in [0.1, 0.15) is 0 Å². The zero-order valence-electron chi connectivity index (χ0n) is 17.1. The van der Waals surface area contributed by atoms with Gasteiger partial charge >= 0.3 is 0 Å². The van der Waals surface area contributed by atoms with E-state index < -0.39 is 0 Å². The topological polar surface area (TPSA) is 54.7 Å². The second-order valence-corrected chi connectivity index (χ2v) is 7.63. The van der Waals surface area contributed by atoms with Crippen LogP contribution in [0.5, 0.6) is 0 Å². The Morgan fingerprint density at radius 2 is 2.18 bits per heavy atom. The average Bonchev–Trinajstić information content (AvgIpc) is 3.38. The Kier molecular flexibility index (Phi) is 7.91. The lowest BCUT2D eigenvalue weighted by molar-refractivity contribution is 0.0906. The van der Waals surface area contributed by atoms with Gasteiger partial charge in [-0.3, -0.25) is 9.67 Å². The molecule has 0 bridgehead atoms. The number of aliphatic imine (C=N–C) groups is 1. The van der Waals surface area contributed by atoms with Crippen LogP contribution < -0.4 is 5.32 Å². The van der Waals surface area contributed by atoms with Gasteiger partial charge in [0, 0.05) is 51.0 Å². The summed E-state index contributed by atoms with van der Waals surface area (Å²) in [5.41, 5.74) is 1.23. The molecule has 0 amide bonds. The van der Waals surface area contributed by atoms with Gasteiger partial charge in [0.05, 0.1) is 13.2 Å². The van der Waals surface area contributed by atoms with E-state index in [1.165, 1.54) is 5.56 Å². The molecule has 1 aromatic carbocycles. The number of aromatic nitrogens is 2. The highest BCUT2D eigenvalue weighted by Gasteiger charge is 2.25. The number of nitrogens with one attached hydrogen (secondary N) is 1. The van der Waals surface area contributed by atoms with Gasteiger partial charge in [0.2, 0.25) is 0 Å². The number of rotatable bonds is 9. The first-order chi connectivity index (χ1) is 13.7. The van der Waals surface area contributed by atoms with Crippen molar-refractivity contribution in [1.29, 1.82) is 0 Å². The first kappa shape index (κ1) is 20.4. The monoisotopic (exact) mass is 383 g/mol. The molecule has 152 valence electrons. The molecule has 1 fully saturated rings. The molecule has 0 aliphatic carbocycles. The molecule has 1 aliphatic heterocycles. The van der Waals surface area contributed by atoms with E-state index in [4.69, 9.17) is 9.73 Å². The first-order valence-electron chi connectivity index (χ1n) is 10.4. The quantitative estimate of drug-likeness (QED) is 0.534. The Balaban J connectivity index is 1.44. The van der Waals surface area contributed by atoms with Gasteiger partial charge < -0.3 is 15.0 Å². The minimum Gasteiger partial charge on any atom is -0.376 e. The van der Waals surface area contributed by atoms with Crippen molar-refractivity contribution in [2.75, 3.05) is 32.8 Å². The molecular weight excluding hydrogens is 350 g/mol. The number of hydrogen-bond acceptors (Lipinski definition) is 3. The second-order valence-electron chi connectivity index (χ2n) is 7.63. The fourth-order valence-corrected chi connectivity index (χ4v) is 3.53. The summed E-state index contributed by atoms with van der Waals surface area (Å²) in [5.74, 6) is 2.04. The van der Waals surface area contributed by atoms with Crippen molar-refractivity contribution in [3.05, 3.63) is 54.4 Å². The molecule has 1 N–H and O–H groups in total. The van der Waals surface area contributed by atoms with E-state index in [0.717, 1.165) is 51.7 Å². The normalized spacial score (nSPS) is 18.4. The molecule has 2 atom stereocenters. The number of likely N-dealkylation sites (tertiary alicyclic amines) is 1. The number of guanidine groups is 1. The van der Waals surface area contributed by atoms with E-state index >= 15 is 0 Å². The summed E-state index contributed by atoms with van der Waals surface area (Å²) < 4.78 is 7.93. The summed E-state index contributed by atoms with van der Waals surface area (Å²) in [5, 5.41) is 7.74. The van der Waals surface area contributed by atoms with Crippen molar-refractivity contribution in [1.82, 2.24) is 20.0 Å². The molecule has 28 heavy (non-hydrogen) atoms. The minimum atomic E-state index is 0.446. The summed E-state index contributed by atoms with van der Waals surface area (Å²) in [7, 11) is 0. The van der Waals surface area contributed by atoms with Crippen molar-refractivity contribution < 1.29 is 4.74 Å². The SMILES string of the molecule is CCNC(=NCC(C)Cn1cccn1)N1CCC(COCc2ccccc2)C1. The Hall–Kier alpha value is -2.34. The lowest BCUT2D eigenvalue weighted by Gasteiger charge is -2.22. The minimum absolute atomic E-state index is 0.446. The zero-order chi connectivity index (χ0) is 19.6. The van der Waals surface area contributed by atoms with Gasteiger partial charge in [-0.25, -0.2) is 0 Å². The molecule has 2 aromatic rings. The second kappa shape index (κ2) is 10.9. The highest BCUT2D eigenvalue weighted by molar-refractivity contribution is 5.80. The third-order valence-corrected chi connectivity index (χ3v) is 5.00. The van der Waals surface area contributed by atoms with Gasteiger partial charge in [0.15, 0.2) is 5.96 Å². The van der Waals surface area contributed by atoms with Crippen LogP contribution in [0.2, 0.25) is 0 Å². The lowest BCUT2D eigenvalue weighted by Crippen LogP contribution is -2.40. The van der Waals surface area contributed by atoms with E-state index in [-0.39, 0.29) is 0 Å². The molecule has 1 saturated heterocycles. The first-order valence-corrected chi connectivity index (χ1v) is 10.4. The van der Waals surface area contributed by atoms with Crippen molar-refractivity contribution in [2.45, 2.75) is 33.4 Å². The molecule has 2 unspecified atom stereocenters. The van der Waals surface area contributed by atoms with Crippen molar-refractivity contribution in [2.24, 2.45) is 16.8 Å². The van der Waals surface area contributed by atoms with Crippen LogP contribution in [-0.2, 0) is 17.9 Å². The van der Waals surface area contributed by atoms with Crippen LogP contribution >= 0.6 is 0 Å². The molecule has 0 saturated carbocycles. The average molecular weight is 384 g/mol. The van der Waals surface area contributed by atoms with Crippen molar-refractivity contribution in [3.8, 4) is 0 Å². The highest BCUT2D eigenvalue weighted by atomic mass is 16.5. The summed E-state index contributed by atoms with van der Waals surface area (Å²) in [6, 6.07) is 12.3.